The number of carbonyl (C=O) groups is 1. The topological polar surface area (TPSA) is 42.4 Å². The number of ether oxygens (including phenoxy) is 1. The minimum atomic E-state index is -0.485. The maximum Gasteiger partial charge on any atom is 0.310 e. The molecule has 0 aromatic carbocycles. The molecule has 0 saturated carbocycles. The van der Waals surface area contributed by atoms with Crippen LogP contribution in [0.4, 0.5) is 10.2 Å². The Morgan fingerprint density at radius 1 is 1.56 bits per heavy atom. The number of nitrogens with zero attached hydrogens (tertiary/aromatic N) is 2. The minimum Gasteiger partial charge on any atom is -0.469 e. The zero-order chi connectivity index (χ0) is 12.4. The maximum atomic E-state index is 13.2. The number of hydrogen-bond acceptors (Lipinski definition) is 4. The molecule has 2 heterocycles. The maximum absolute atomic E-state index is 13.2. The first-order chi connectivity index (χ1) is 8.10. The van der Waals surface area contributed by atoms with Crippen molar-refractivity contribution in [2.75, 3.05) is 25.1 Å². The monoisotopic (exact) mass is 272 g/mol. The van der Waals surface area contributed by atoms with Crippen LogP contribution in [0.5, 0.6) is 0 Å². The van der Waals surface area contributed by atoms with Crippen molar-refractivity contribution < 1.29 is 13.9 Å². The van der Waals surface area contributed by atoms with Crippen LogP contribution in [-0.4, -0.2) is 31.2 Å². The summed E-state index contributed by atoms with van der Waals surface area (Å²) >= 11 is 0. The molecule has 0 amide bonds. The van der Waals surface area contributed by atoms with E-state index in [2.05, 4.69) is 4.98 Å². The molecule has 6 heteroatoms. The number of hydrogen-bond donors (Lipinski definition) is 0. The number of halogens is 1. The zero-order valence-electron chi connectivity index (χ0n) is 10.4. The summed E-state index contributed by atoms with van der Waals surface area (Å²) in [4.78, 5) is 17.1. The van der Waals surface area contributed by atoms with Crippen molar-refractivity contribution in [3.63, 3.8) is 0 Å². The van der Waals surface area contributed by atoms with Crippen LogP contribution in [-0.2, 0) is 9.53 Å². The summed E-state index contributed by atoms with van der Waals surface area (Å²) < 4.78 is 17.9. The fourth-order valence-corrected chi connectivity index (χ4v) is 2.10. The smallest absolute Gasteiger partial charge is 0.310 e. The van der Waals surface area contributed by atoms with Crippen LogP contribution in [0.15, 0.2) is 12.1 Å². The number of aromatic nitrogens is 1. The lowest BCUT2D eigenvalue weighted by molar-refractivity contribution is -0.144. The highest BCUT2D eigenvalue weighted by Gasteiger charge is 2.29. The van der Waals surface area contributed by atoms with Crippen LogP contribution in [0.25, 0.3) is 0 Å². The standard InChI is InChI=1S/C12H15FN2O2.H2S/c1-8-5-10(13)14-11(6-8)15-4-3-9(7-15)12(16)17-2;/h5-6,9H,3-4,7H2,1-2H3;1H2/t9-;/m0./s1. The molecular weight excluding hydrogens is 255 g/mol. The number of carbonyl (C=O) groups excluding carboxylic acids is 1. The number of esters is 1. The second kappa shape index (κ2) is 6.04. The van der Waals surface area contributed by atoms with E-state index < -0.39 is 5.95 Å². The van der Waals surface area contributed by atoms with Gasteiger partial charge in [-0.05, 0) is 31.0 Å². The van der Waals surface area contributed by atoms with Gasteiger partial charge in [-0.3, -0.25) is 4.79 Å². The van der Waals surface area contributed by atoms with Crippen LogP contribution in [0.3, 0.4) is 0 Å². The van der Waals surface area contributed by atoms with E-state index in [9.17, 15) is 9.18 Å². The molecule has 0 spiro atoms. The average Bonchev–Trinajstić information content (AvgIpc) is 2.76. The zero-order valence-corrected chi connectivity index (χ0v) is 11.4. The average molecular weight is 272 g/mol. The van der Waals surface area contributed by atoms with Gasteiger partial charge in [-0.1, -0.05) is 0 Å². The molecule has 100 valence electrons. The third kappa shape index (κ3) is 3.13. The molecule has 1 saturated heterocycles. The van der Waals surface area contributed by atoms with Crippen LogP contribution in [0.2, 0.25) is 0 Å². The Morgan fingerprint density at radius 3 is 2.89 bits per heavy atom. The van der Waals surface area contributed by atoms with Gasteiger partial charge in [0.15, 0.2) is 0 Å². The van der Waals surface area contributed by atoms with Gasteiger partial charge in [0.05, 0.1) is 13.0 Å². The first-order valence-electron chi connectivity index (χ1n) is 5.57. The SMILES string of the molecule is COC(=O)[C@H]1CCN(c2cc(C)cc(F)n2)C1.S. The molecular formula is C12H17FN2O2S. The third-order valence-corrected chi connectivity index (χ3v) is 2.97. The summed E-state index contributed by atoms with van der Waals surface area (Å²) in [6, 6.07) is 3.21. The molecule has 0 aliphatic carbocycles. The van der Waals surface area contributed by atoms with Crippen molar-refractivity contribution >= 4 is 25.3 Å². The van der Waals surface area contributed by atoms with E-state index in [1.165, 1.54) is 13.2 Å². The molecule has 1 aromatic rings. The highest BCUT2D eigenvalue weighted by molar-refractivity contribution is 7.59. The summed E-state index contributed by atoms with van der Waals surface area (Å²) in [7, 11) is 1.38. The molecule has 1 atom stereocenters. The largest absolute Gasteiger partial charge is 0.469 e. The lowest BCUT2D eigenvalue weighted by Gasteiger charge is -2.17. The van der Waals surface area contributed by atoms with Gasteiger partial charge in [-0.25, -0.2) is 4.98 Å². The van der Waals surface area contributed by atoms with Crippen LogP contribution < -0.4 is 4.90 Å². The Morgan fingerprint density at radius 2 is 2.28 bits per heavy atom. The van der Waals surface area contributed by atoms with Crippen molar-refractivity contribution in [3.8, 4) is 0 Å². The molecule has 1 aromatic heterocycles. The third-order valence-electron chi connectivity index (χ3n) is 2.97. The molecule has 4 nitrogen and oxygen atoms in total. The number of methoxy groups -OCH3 is 1. The van der Waals surface area contributed by atoms with Gasteiger partial charge in [-0.2, -0.15) is 17.9 Å². The van der Waals surface area contributed by atoms with Crippen LogP contribution >= 0.6 is 13.5 Å². The normalized spacial score (nSPS) is 18.4. The van der Waals surface area contributed by atoms with E-state index in [1.807, 2.05) is 17.9 Å². The van der Waals surface area contributed by atoms with E-state index >= 15 is 0 Å². The summed E-state index contributed by atoms with van der Waals surface area (Å²) in [5.41, 5.74) is 0.828. The van der Waals surface area contributed by atoms with Crippen LogP contribution in [0, 0.1) is 18.8 Å². The number of aryl methyl sites for hydroxylation is 1. The Kier molecular flexibility index (Phi) is 4.95. The predicted molar refractivity (Wildman–Crippen MR) is 71.6 cm³/mol. The number of anilines is 1. The van der Waals surface area contributed by atoms with E-state index in [0.29, 0.717) is 18.9 Å². The fraction of sp³-hybridized carbons (Fsp3) is 0.500. The Balaban J connectivity index is 0.00000162. The molecule has 18 heavy (non-hydrogen) atoms. The Hall–Kier alpha value is -1.30. The quantitative estimate of drug-likeness (QED) is 0.606. The second-order valence-electron chi connectivity index (χ2n) is 4.28. The fourth-order valence-electron chi connectivity index (χ4n) is 2.10. The molecule has 1 fully saturated rings. The van der Waals surface area contributed by atoms with Gasteiger partial charge in [0, 0.05) is 13.1 Å². The summed E-state index contributed by atoms with van der Waals surface area (Å²) in [6.45, 7) is 3.07. The lowest BCUT2D eigenvalue weighted by atomic mass is 10.1. The highest BCUT2D eigenvalue weighted by atomic mass is 32.1. The van der Waals surface area contributed by atoms with Gasteiger partial charge in [0.1, 0.15) is 5.82 Å². The molecule has 1 aliphatic rings. The van der Waals surface area contributed by atoms with Crippen LogP contribution in [0.1, 0.15) is 12.0 Å². The summed E-state index contributed by atoms with van der Waals surface area (Å²) in [5, 5.41) is 0. The Labute approximate surface area is 113 Å². The molecule has 0 bridgehead atoms. The molecule has 0 unspecified atom stereocenters. The minimum absolute atomic E-state index is 0. The summed E-state index contributed by atoms with van der Waals surface area (Å²) in [6.07, 6.45) is 0.726. The molecule has 1 aliphatic heterocycles. The number of pyridine rings is 1. The van der Waals surface area contributed by atoms with Gasteiger partial charge < -0.3 is 9.64 Å². The molecule has 2 rings (SSSR count). The van der Waals surface area contributed by atoms with Crippen molar-refractivity contribution in [2.24, 2.45) is 5.92 Å². The second-order valence-corrected chi connectivity index (χ2v) is 4.28. The lowest BCUT2D eigenvalue weighted by Crippen LogP contribution is -2.24. The van der Waals surface area contributed by atoms with E-state index in [1.54, 1.807) is 0 Å². The van der Waals surface area contributed by atoms with Crippen molar-refractivity contribution in [1.29, 1.82) is 0 Å². The van der Waals surface area contributed by atoms with E-state index in [4.69, 9.17) is 4.74 Å². The number of rotatable bonds is 2. The van der Waals surface area contributed by atoms with Gasteiger partial charge in [-0.15, -0.1) is 0 Å². The molecule has 0 radical (unpaired) electrons. The Bertz CT molecular complexity index is 422. The van der Waals surface area contributed by atoms with Gasteiger partial charge >= 0.3 is 5.97 Å². The highest BCUT2D eigenvalue weighted by Crippen LogP contribution is 2.23. The van der Waals surface area contributed by atoms with Gasteiger partial charge in [0.2, 0.25) is 5.95 Å². The van der Waals surface area contributed by atoms with Crippen molar-refractivity contribution in [2.45, 2.75) is 13.3 Å². The predicted octanol–water partition coefficient (Wildman–Crippen LogP) is 1.64. The van der Waals surface area contributed by atoms with E-state index in [0.717, 1.165) is 12.0 Å². The van der Waals surface area contributed by atoms with Gasteiger partial charge in [0.25, 0.3) is 0 Å². The van der Waals surface area contributed by atoms with Crippen molar-refractivity contribution in [1.82, 2.24) is 4.98 Å². The summed E-state index contributed by atoms with van der Waals surface area (Å²) in [5.74, 6) is -0.235. The van der Waals surface area contributed by atoms with E-state index in [-0.39, 0.29) is 25.4 Å². The first kappa shape index (κ1) is 14.8. The van der Waals surface area contributed by atoms with Crippen molar-refractivity contribution in [3.05, 3.63) is 23.6 Å². The molecule has 0 N–H and O–H groups in total. The first-order valence-corrected chi connectivity index (χ1v) is 5.57.